The number of nitrogens with zero attached hydrogens (tertiary/aromatic N) is 1. The van der Waals surface area contributed by atoms with E-state index in [1.54, 1.807) is 25.1 Å². The maximum Gasteiger partial charge on any atom is 0.308 e. The highest BCUT2D eigenvalue weighted by molar-refractivity contribution is 7.90. The first-order chi connectivity index (χ1) is 14.7. The molecule has 1 aliphatic heterocycles. The molecule has 0 spiro atoms. The van der Waals surface area contributed by atoms with E-state index in [0.717, 1.165) is 5.92 Å². The molecule has 9 heteroatoms. The van der Waals surface area contributed by atoms with Crippen LogP contribution in [-0.2, 0) is 24.3 Å². The average Bonchev–Trinajstić information content (AvgIpc) is 3.42. The van der Waals surface area contributed by atoms with Crippen LogP contribution >= 0.6 is 0 Å². The van der Waals surface area contributed by atoms with Gasteiger partial charge in [0.05, 0.1) is 17.9 Å². The third kappa shape index (κ3) is 4.61. The number of rotatable bonds is 7. The van der Waals surface area contributed by atoms with E-state index in [9.17, 15) is 18.0 Å². The molecule has 0 radical (unpaired) electrons. The van der Waals surface area contributed by atoms with Crippen LogP contribution in [0.15, 0.2) is 34.2 Å². The van der Waals surface area contributed by atoms with Crippen molar-refractivity contribution in [3.63, 3.8) is 0 Å². The SMILES string of the molecule is C[C@H](OC(=O)CCN=C1NS(=O)(=O)c2ccccc21)C(=O)N[C@H](C)[C@H]1C[C@H]2CC[C@H]1C2. The van der Waals surface area contributed by atoms with Gasteiger partial charge in [-0.1, -0.05) is 18.6 Å². The monoisotopic (exact) mass is 447 g/mol. The summed E-state index contributed by atoms with van der Waals surface area (Å²) in [5.41, 5.74) is 0.484. The van der Waals surface area contributed by atoms with Crippen molar-refractivity contribution in [3.8, 4) is 0 Å². The molecule has 2 N–H and O–H groups in total. The van der Waals surface area contributed by atoms with Crippen LogP contribution < -0.4 is 10.0 Å². The third-order valence-corrected chi connectivity index (χ3v) is 8.13. The van der Waals surface area contributed by atoms with E-state index in [4.69, 9.17) is 4.74 Å². The largest absolute Gasteiger partial charge is 0.452 e. The van der Waals surface area contributed by atoms with Crippen LogP contribution in [0.4, 0.5) is 0 Å². The van der Waals surface area contributed by atoms with Crippen molar-refractivity contribution in [2.75, 3.05) is 6.54 Å². The van der Waals surface area contributed by atoms with E-state index in [2.05, 4.69) is 15.0 Å². The van der Waals surface area contributed by atoms with Crippen molar-refractivity contribution in [2.24, 2.45) is 22.7 Å². The van der Waals surface area contributed by atoms with Crippen LogP contribution in [0.1, 0.15) is 51.5 Å². The molecular weight excluding hydrogens is 418 g/mol. The van der Waals surface area contributed by atoms with E-state index in [1.165, 1.54) is 31.7 Å². The fourth-order valence-electron chi connectivity index (χ4n) is 5.17. The maximum atomic E-state index is 12.5. The van der Waals surface area contributed by atoms with Crippen molar-refractivity contribution < 1.29 is 22.7 Å². The standard InChI is InChI=1S/C22H29N3O5S/c1-13(18-12-15-7-8-16(18)11-15)24-22(27)14(2)30-20(26)9-10-23-21-17-5-3-4-6-19(17)31(28,29)25-21/h3-6,13-16,18H,7-12H2,1-2H3,(H,23,25)(H,24,27)/t13-,14+,15+,16+,18-/m1/s1. The highest BCUT2D eigenvalue weighted by Gasteiger charge is 2.42. The molecule has 1 heterocycles. The minimum Gasteiger partial charge on any atom is -0.452 e. The first kappa shape index (κ1) is 21.8. The lowest BCUT2D eigenvalue weighted by atomic mass is 9.84. The van der Waals surface area contributed by atoms with Crippen molar-refractivity contribution in [1.29, 1.82) is 0 Å². The molecule has 2 saturated carbocycles. The molecule has 8 nitrogen and oxygen atoms in total. The van der Waals surface area contributed by atoms with E-state index in [1.807, 2.05) is 6.92 Å². The smallest absolute Gasteiger partial charge is 0.308 e. The van der Waals surface area contributed by atoms with E-state index in [-0.39, 0.29) is 35.6 Å². The Hall–Kier alpha value is -2.42. The van der Waals surface area contributed by atoms with Crippen molar-refractivity contribution in [2.45, 2.75) is 63.0 Å². The summed E-state index contributed by atoms with van der Waals surface area (Å²) in [4.78, 5) is 29.0. The summed E-state index contributed by atoms with van der Waals surface area (Å²) >= 11 is 0. The second-order valence-electron chi connectivity index (χ2n) is 8.85. The molecule has 31 heavy (non-hydrogen) atoms. The van der Waals surface area contributed by atoms with E-state index < -0.39 is 22.1 Å². The molecule has 1 aromatic rings. The number of fused-ring (bicyclic) bond motifs is 3. The number of hydrogen-bond donors (Lipinski definition) is 2. The number of nitrogens with one attached hydrogen (secondary N) is 2. The molecule has 0 unspecified atom stereocenters. The fourth-order valence-corrected chi connectivity index (χ4v) is 6.43. The number of hydrogen-bond acceptors (Lipinski definition) is 6. The Kier molecular flexibility index (Phi) is 6.05. The molecule has 1 amide bonds. The molecule has 168 valence electrons. The fraction of sp³-hybridized carbons (Fsp3) is 0.591. The molecule has 1 aromatic carbocycles. The van der Waals surface area contributed by atoms with Crippen molar-refractivity contribution in [1.82, 2.24) is 10.0 Å². The lowest BCUT2D eigenvalue weighted by molar-refractivity contribution is -0.155. The van der Waals surface area contributed by atoms with Gasteiger partial charge < -0.3 is 10.1 Å². The highest BCUT2D eigenvalue weighted by Crippen LogP contribution is 2.49. The van der Waals surface area contributed by atoms with Crippen molar-refractivity contribution in [3.05, 3.63) is 29.8 Å². The van der Waals surface area contributed by atoms with E-state index >= 15 is 0 Å². The zero-order valence-corrected chi connectivity index (χ0v) is 18.7. The van der Waals surface area contributed by atoms with Crippen LogP contribution in [0.3, 0.4) is 0 Å². The summed E-state index contributed by atoms with van der Waals surface area (Å²) < 4.78 is 31.8. The van der Waals surface area contributed by atoms with Gasteiger partial charge in [0.15, 0.2) is 6.10 Å². The second kappa shape index (κ2) is 8.61. The summed E-state index contributed by atoms with van der Waals surface area (Å²) in [6, 6.07) is 6.61. The minimum absolute atomic E-state index is 0.0487. The van der Waals surface area contributed by atoms with Crippen LogP contribution in [0.2, 0.25) is 0 Å². The van der Waals surface area contributed by atoms with Crippen molar-refractivity contribution >= 4 is 27.7 Å². The van der Waals surface area contributed by atoms with Gasteiger partial charge in [0, 0.05) is 11.6 Å². The lowest BCUT2D eigenvalue weighted by Crippen LogP contribution is -2.45. The van der Waals surface area contributed by atoms with Gasteiger partial charge >= 0.3 is 5.97 Å². The topological polar surface area (TPSA) is 114 Å². The third-order valence-electron chi connectivity index (χ3n) is 6.73. The quantitative estimate of drug-likeness (QED) is 0.621. The molecule has 2 aliphatic carbocycles. The normalized spacial score (nSPS) is 28.6. The molecule has 2 fully saturated rings. The lowest BCUT2D eigenvalue weighted by Gasteiger charge is -2.29. The molecule has 2 bridgehead atoms. The molecular formula is C22H29N3O5S. The minimum atomic E-state index is -3.61. The van der Waals surface area contributed by atoms with Gasteiger partial charge in [0.2, 0.25) is 0 Å². The Morgan fingerprint density at radius 2 is 2.00 bits per heavy atom. The van der Waals surface area contributed by atoms with E-state index in [0.29, 0.717) is 17.4 Å². The number of esters is 1. The summed E-state index contributed by atoms with van der Waals surface area (Å²) in [6.45, 7) is 3.66. The maximum absolute atomic E-state index is 12.5. The number of carbonyl (C=O) groups is 2. The average molecular weight is 448 g/mol. The van der Waals surface area contributed by atoms with Crippen LogP contribution in [-0.4, -0.2) is 44.8 Å². The summed E-state index contributed by atoms with van der Waals surface area (Å²) in [5.74, 6) is 1.41. The summed E-state index contributed by atoms with van der Waals surface area (Å²) in [7, 11) is -3.61. The summed E-state index contributed by atoms with van der Waals surface area (Å²) in [6.07, 6.45) is 4.09. The molecule has 0 saturated heterocycles. The second-order valence-corrected chi connectivity index (χ2v) is 10.5. The Bertz CT molecular complexity index is 1010. The number of amidine groups is 1. The predicted molar refractivity (Wildman–Crippen MR) is 115 cm³/mol. The Morgan fingerprint density at radius 1 is 1.23 bits per heavy atom. The number of carbonyl (C=O) groups excluding carboxylic acids is 2. The van der Waals surface area contributed by atoms with Crippen LogP contribution in [0.25, 0.3) is 0 Å². The van der Waals surface area contributed by atoms with Gasteiger partial charge in [-0.15, -0.1) is 0 Å². The van der Waals surface area contributed by atoms with Crippen LogP contribution in [0, 0.1) is 17.8 Å². The Morgan fingerprint density at radius 3 is 2.71 bits per heavy atom. The number of ether oxygens (including phenoxy) is 1. The van der Waals surface area contributed by atoms with Crippen LogP contribution in [0.5, 0.6) is 0 Å². The Labute approximate surface area is 182 Å². The Balaban J connectivity index is 1.24. The first-order valence-electron chi connectivity index (χ1n) is 10.9. The van der Waals surface area contributed by atoms with Gasteiger partial charge in [-0.2, -0.15) is 0 Å². The zero-order chi connectivity index (χ0) is 22.2. The van der Waals surface area contributed by atoms with Gasteiger partial charge in [-0.3, -0.25) is 19.3 Å². The van der Waals surface area contributed by atoms with Gasteiger partial charge in [-0.05, 0) is 63.0 Å². The molecule has 0 aromatic heterocycles. The highest BCUT2D eigenvalue weighted by atomic mass is 32.2. The summed E-state index contributed by atoms with van der Waals surface area (Å²) in [5, 5.41) is 3.01. The molecule has 3 aliphatic rings. The van der Waals surface area contributed by atoms with Gasteiger partial charge in [-0.25, -0.2) is 8.42 Å². The zero-order valence-electron chi connectivity index (χ0n) is 17.8. The molecule has 5 atom stereocenters. The number of sulfonamides is 1. The first-order valence-corrected chi connectivity index (χ1v) is 12.4. The van der Waals surface area contributed by atoms with Gasteiger partial charge in [0.25, 0.3) is 15.9 Å². The number of benzene rings is 1. The molecule has 4 rings (SSSR count). The predicted octanol–water partition coefficient (Wildman–Crippen LogP) is 1.99. The van der Waals surface area contributed by atoms with Gasteiger partial charge in [0.1, 0.15) is 5.84 Å². The number of amides is 1. The number of aliphatic imine (C=N–C) groups is 1.